The lowest BCUT2D eigenvalue weighted by molar-refractivity contribution is 1.14. The van der Waals surface area contributed by atoms with Crippen molar-refractivity contribution < 1.29 is 0 Å². The van der Waals surface area contributed by atoms with Gasteiger partial charge < -0.3 is 9.13 Å². The van der Waals surface area contributed by atoms with Crippen molar-refractivity contribution in [2.75, 3.05) is 0 Å². The second-order valence-electron chi connectivity index (χ2n) is 12.5. The van der Waals surface area contributed by atoms with E-state index in [-0.39, 0.29) is 0 Å². The van der Waals surface area contributed by atoms with Crippen LogP contribution in [-0.4, -0.2) is 9.13 Å². The molecule has 2 heterocycles. The zero-order chi connectivity index (χ0) is 29.9. The Morgan fingerprint density at radius 3 is 1.76 bits per heavy atom. The molecule has 2 aromatic heterocycles. The zero-order valence-corrected chi connectivity index (χ0v) is 24.9. The first-order valence-corrected chi connectivity index (χ1v) is 16.0. The first-order chi connectivity index (χ1) is 22.8. The summed E-state index contributed by atoms with van der Waals surface area (Å²) in [7, 11) is 0. The first kappa shape index (κ1) is 24.2. The maximum atomic E-state index is 2.49. The Kier molecular flexibility index (Phi) is 4.61. The van der Waals surface area contributed by atoms with Crippen LogP contribution in [0.15, 0.2) is 158 Å². The van der Waals surface area contributed by atoms with Crippen molar-refractivity contribution in [3.8, 4) is 33.6 Å². The van der Waals surface area contributed by atoms with Crippen LogP contribution in [0.5, 0.6) is 0 Å². The molecule has 0 atom stereocenters. The van der Waals surface area contributed by atoms with E-state index in [1.807, 2.05) is 0 Å². The summed E-state index contributed by atoms with van der Waals surface area (Å²) in [6.07, 6.45) is 0. The van der Waals surface area contributed by atoms with Crippen LogP contribution in [0.3, 0.4) is 0 Å². The van der Waals surface area contributed by atoms with Gasteiger partial charge in [-0.3, -0.25) is 0 Å². The Morgan fingerprint density at radius 1 is 0.304 bits per heavy atom. The Labute approximate surface area is 265 Å². The van der Waals surface area contributed by atoms with E-state index in [0.717, 1.165) is 11.4 Å². The van der Waals surface area contributed by atoms with Crippen molar-refractivity contribution in [1.82, 2.24) is 9.13 Å². The van der Waals surface area contributed by atoms with Gasteiger partial charge in [0.1, 0.15) is 0 Å². The quantitative estimate of drug-likeness (QED) is 0.192. The lowest BCUT2D eigenvalue weighted by Gasteiger charge is -2.14. The molecule has 46 heavy (non-hydrogen) atoms. The maximum Gasteiger partial charge on any atom is 0.0620 e. The molecule has 0 fully saturated rings. The molecule has 2 heteroatoms. The molecule has 0 saturated carbocycles. The number of aromatic nitrogens is 2. The number of rotatable bonds is 2. The molecule has 0 N–H and O–H groups in total. The second kappa shape index (κ2) is 8.74. The van der Waals surface area contributed by atoms with Gasteiger partial charge in [-0.05, 0) is 80.9 Å². The number of nitrogens with zero attached hydrogens (tertiary/aromatic N) is 2. The van der Waals surface area contributed by atoms with Gasteiger partial charge in [0.05, 0.1) is 22.1 Å². The zero-order valence-electron chi connectivity index (χ0n) is 24.9. The van der Waals surface area contributed by atoms with Crippen LogP contribution < -0.4 is 0 Å². The van der Waals surface area contributed by atoms with Gasteiger partial charge in [0, 0.05) is 38.3 Å². The molecule has 2 nitrogen and oxygen atoms in total. The third kappa shape index (κ3) is 3.01. The van der Waals surface area contributed by atoms with Gasteiger partial charge in [-0.25, -0.2) is 0 Å². The standard InChI is InChI=1S/C44H26N2/c1-2-14-30-27(11-1)23-24-41-43(30)35-18-6-8-22-40(35)45(41)28-12-9-13-29(25-28)46-39-21-7-5-17-33(39)38-26-37-32-16-4-3-15-31(32)34-19-10-20-36(42(34)37)44(38)46/h1-26H. The lowest BCUT2D eigenvalue weighted by atomic mass is 9.99. The summed E-state index contributed by atoms with van der Waals surface area (Å²) >= 11 is 0. The van der Waals surface area contributed by atoms with Gasteiger partial charge in [0.15, 0.2) is 0 Å². The molecular weight excluding hydrogens is 556 g/mol. The molecule has 0 radical (unpaired) electrons. The molecule has 0 spiro atoms. The molecule has 1 aliphatic rings. The van der Waals surface area contributed by atoms with Crippen LogP contribution in [0.25, 0.3) is 98.8 Å². The van der Waals surface area contributed by atoms with E-state index < -0.39 is 0 Å². The minimum Gasteiger partial charge on any atom is -0.309 e. The number of fused-ring (bicyclic) bond motifs is 12. The molecule has 8 aromatic carbocycles. The average Bonchev–Trinajstić information content (AvgIpc) is 3.76. The summed E-state index contributed by atoms with van der Waals surface area (Å²) in [6, 6.07) is 58.2. The minimum absolute atomic E-state index is 1.16. The Bertz CT molecular complexity index is 2920. The summed E-state index contributed by atoms with van der Waals surface area (Å²) in [6.45, 7) is 0. The number of hydrogen-bond donors (Lipinski definition) is 0. The molecule has 1 aliphatic carbocycles. The fraction of sp³-hybridized carbons (Fsp3) is 0. The second-order valence-corrected chi connectivity index (χ2v) is 12.5. The van der Waals surface area contributed by atoms with Crippen molar-refractivity contribution in [3.05, 3.63) is 158 Å². The fourth-order valence-corrected chi connectivity index (χ4v) is 8.38. The maximum absolute atomic E-state index is 2.49. The van der Waals surface area contributed by atoms with E-state index in [1.165, 1.54) is 87.4 Å². The molecular formula is C44H26N2. The van der Waals surface area contributed by atoms with Crippen LogP contribution in [-0.2, 0) is 0 Å². The van der Waals surface area contributed by atoms with E-state index in [1.54, 1.807) is 0 Å². The van der Waals surface area contributed by atoms with E-state index in [9.17, 15) is 0 Å². The van der Waals surface area contributed by atoms with Crippen LogP contribution in [0, 0.1) is 0 Å². The van der Waals surface area contributed by atoms with E-state index >= 15 is 0 Å². The van der Waals surface area contributed by atoms with Gasteiger partial charge in [-0.15, -0.1) is 0 Å². The fourth-order valence-electron chi connectivity index (χ4n) is 8.38. The van der Waals surface area contributed by atoms with Crippen LogP contribution >= 0.6 is 0 Å². The van der Waals surface area contributed by atoms with E-state index in [4.69, 9.17) is 0 Å². The highest BCUT2D eigenvalue weighted by atomic mass is 15.0. The first-order valence-electron chi connectivity index (χ1n) is 16.0. The largest absolute Gasteiger partial charge is 0.309 e. The molecule has 11 rings (SSSR count). The minimum atomic E-state index is 1.16. The van der Waals surface area contributed by atoms with Crippen molar-refractivity contribution in [2.24, 2.45) is 0 Å². The van der Waals surface area contributed by atoms with Gasteiger partial charge >= 0.3 is 0 Å². The predicted octanol–water partition coefficient (Wildman–Crippen LogP) is 11.8. The van der Waals surface area contributed by atoms with Crippen LogP contribution in [0.1, 0.15) is 0 Å². The van der Waals surface area contributed by atoms with Crippen molar-refractivity contribution in [3.63, 3.8) is 0 Å². The smallest absolute Gasteiger partial charge is 0.0620 e. The van der Waals surface area contributed by atoms with Gasteiger partial charge in [-0.1, -0.05) is 115 Å². The third-order valence-corrected chi connectivity index (χ3v) is 10.2. The number of benzene rings is 8. The molecule has 0 unspecified atom stereocenters. The summed E-state index contributed by atoms with van der Waals surface area (Å²) in [4.78, 5) is 0. The number of para-hydroxylation sites is 2. The van der Waals surface area contributed by atoms with Crippen LogP contribution in [0.2, 0.25) is 0 Å². The van der Waals surface area contributed by atoms with Gasteiger partial charge in [-0.2, -0.15) is 0 Å². The highest BCUT2D eigenvalue weighted by Crippen LogP contribution is 2.51. The topological polar surface area (TPSA) is 9.86 Å². The summed E-state index contributed by atoms with van der Waals surface area (Å²) < 4.78 is 4.93. The van der Waals surface area contributed by atoms with Crippen LogP contribution in [0.4, 0.5) is 0 Å². The highest BCUT2D eigenvalue weighted by Gasteiger charge is 2.25. The summed E-state index contributed by atoms with van der Waals surface area (Å²) in [5.74, 6) is 0. The Hall–Kier alpha value is -6.12. The Balaban J connectivity index is 1.24. The SMILES string of the molecule is c1cc(-n2c3ccccc3c3c4ccccc4ccc32)cc(-n2c3ccccc3c3cc4c5c(cccc5c32)-c2ccccc2-4)c1. The monoisotopic (exact) mass is 582 g/mol. The normalized spacial score (nSPS) is 12.3. The van der Waals surface area contributed by atoms with Gasteiger partial charge in [0.25, 0.3) is 0 Å². The number of hydrogen-bond acceptors (Lipinski definition) is 0. The molecule has 10 aromatic rings. The summed E-state index contributed by atoms with van der Waals surface area (Å²) in [5.41, 5.74) is 12.6. The summed E-state index contributed by atoms with van der Waals surface area (Å²) in [5, 5.41) is 10.4. The molecule has 0 bridgehead atoms. The third-order valence-electron chi connectivity index (χ3n) is 10.2. The van der Waals surface area contributed by atoms with Crippen molar-refractivity contribution >= 4 is 65.2 Å². The molecule has 212 valence electrons. The van der Waals surface area contributed by atoms with E-state index in [0.29, 0.717) is 0 Å². The molecule has 0 amide bonds. The van der Waals surface area contributed by atoms with Gasteiger partial charge in [0.2, 0.25) is 0 Å². The predicted molar refractivity (Wildman–Crippen MR) is 195 cm³/mol. The Morgan fingerprint density at radius 2 is 0.913 bits per heavy atom. The lowest BCUT2D eigenvalue weighted by Crippen LogP contribution is -1.99. The molecule has 0 aliphatic heterocycles. The van der Waals surface area contributed by atoms with Crippen molar-refractivity contribution in [2.45, 2.75) is 0 Å². The molecule has 0 saturated heterocycles. The van der Waals surface area contributed by atoms with Crippen molar-refractivity contribution in [1.29, 1.82) is 0 Å². The average molecular weight is 583 g/mol. The van der Waals surface area contributed by atoms with E-state index in [2.05, 4.69) is 167 Å². The highest BCUT2D eigenvalue weighted by molar-refractivity contribution is 6.27.